The molecule has 2 rings (SSSR count). The zero-order valence-electron chi connectivity index (χ0n) is 15.8. The first kappa shape index (κ1) is 20.0. The highest BCUT2D eigenvalue weighted by Crippen LogP contribution is 2.23. The highest BCUT2D eigenvalue weighted by Gasteiger charge is 2.06. The molecule has 1 unspecified atom stereocenters. The summed E-state index contributed by atoms with van der Waals surface area (Å²) in [5.41, 5.74) is 13.2. The molecule has 0 radical (unpaired) electrons. The van der Waals surface area contributed by atoms with Crippen LogP contribution >= 0.6 is 0 Å². The van der Waals surface area contributed by atoms with Crippen LogP contribution in [0, 0.1) is 0 Å². The van der Waals surface area contributed by atoms with E-state index in [1.165, 1.54) is 32.1 Å². The maximum Gasteiger partial charge on any atom is 0.142 e. The van der Waals surface area contributed by atoms with E-state index in [0.29, 0.717) is 11.4 Å². The molecule has 0 bridgehead atoms. The van der Waals surface area contributed by atoms with E-state index in [1.807, 2.05) is 48.5 Å². The molecule has 0 saturated carbocycles. The van der Waals surface area contributed by atoms with E-state index < -0.39 is 0 Å². The molecule has 0 aromatic heterocycles. The molecule has 4 heteroatoms. The van der Waals surface area contributed by atoms with Gasteiger partial charge in [-0.25, -0.2) is 0 Å². The van der Waals surface area contributed by atoms with Crippen LogP contribution in [0.15, 0.2) is 48.5 Å². The Hall–Kier alpha value is -2.36. The summed E-state index contributed by atoms with van der Waals surface area (Å²) in [4.78, 5) is 0. The van der Waals surface area contributed by atoms with Gasteiger partial charge >= 0.3 is 0 Å². The molecule has 1 atom stereocenters. The minimum atomic E-state index is 0.199. The van der Waals surface area contributed by atoms with Crippen molar-refractivity contribution in [1.29, 1.82) is 0 Å². The van der Waals surface area contributed by atoms with Crippen molar-refractivity contribution >= 4 is 11.4 Å². The van der Waals surface area contributed by atoms with E-state index in [4.69, 9.17) is 20.9 Å². The van der Waals surface area contributed by atoms with Gasteiger partial charge in [-0.15, -0.1) is 0 Å². The van der Waals surface area contributed by atoms with Crippen LogP contribution in [0.5, 0.6) is 11.5 Å². The molecule has 0 spiro atoms. The minimum Gasteiger partial charge on any atom is -0.491 e. The fourth-order valence-corrected chi connectivity index (χ4v) is 2.90. The van der Waals surface area contributed by atoms with Crippen LogP contribution < -0.4 is 20.9 Å². The monoisotopic (exact) mass is 356 g/mol. The predicted octanol–water partition coefficient (Wildman–Crippen LogP) is 5.43. The summed E-state index contributed by atoms with van der Waals surface area (Å²) in [5, 5.41) is 0. The van der Waals surface area contributed by atoms with Gasteiger partial charge in [0, 0.05) is 0 Å². The van der Waals surface area contributed by atoms with Gasteiger partial charge < -0.3 is 20.9 Å². The van der Waals surface area contributed by atoms with E-state index in [2.05, 4.69) is 6.92 Å². The second kappa shape index (κ2) is 11.3. The second-order valence-electron chi connectivity index (χ2n) is 6.76. The summed E-state index contributed by atoms with van der Waals surface area (Å²) in [6.07, 6.45) is 8.45. The van der Waals surface area contributed by atoms with Crippen LogP contribution in [0.4, 0.5) is 11.4 Å². The molecule has 2 aromatic rings. The van der Waals surface area contributed by atoms with Crippen molar-refractivity contribution in [3.63, 3.8) is 0 Å². The molecule has 0 fully saturated rings. The lowest BCUT2D eigenvalue weighted by molar-refractivity contribution is 0.207. The number of nitrogens with two attached hydrogens (primary N) is 2. The lowest BCUT2D eigenvalue weighted by Crippen LogP contribution is -2.12. The fourth-order valence-electron chi connectivity index (χ4n) is 2.90. The molecule has 0 aliphatic heterocycles. The van der Waals surface area contributed by atoms with Crippen molar-refractivity contribution in [2.75, 3.05) is 18.1 Å². The van der Waals surface area contributed by atoms with Crippen molar-refractivity contribution in [3.8, 4) is 11.5 Å². The number of benzene rings is 2. The Morgan fingerprint density at radius 1 is 0.731 bits per heavy atom. The van der Waals surface area contributed by atoms with Crippen LogP contribution in [0.3, 0.4) is 0 Å². The first-order chi connectivity index (χ1) is 12.7. The molecule has 0 aliphatic rings. The Morgan fingerprint density at radius 2 is 1.27 bits per heavy atom. The highest BCUT2D eigenvalue weighted by atomic mass is 16.5. The Kier molecular flexibility index (Phi) is 8.67. The van der Waals surface area contributed by atoms with Gasteiger partial charge in [-0.1, -0.05) is 49.9 Å². The topological polar surface area (TPSA) is 70.5 Å². The third-order valence-corrected chi connectivity index (χ3v) is 4.43. The highest BCUT2D eigenvalue weighted by molar-refractivity contribution is 5.52. The first-order valence-corrected chi connectivity index (χ1v) is 9.65. The average molecular weight is 357 g/mol. The van der Waals surface area contributed by atoms with Gasteiger partial charge in [0.1, 0.15) is 11.5 Å². The SMILES string of the molecule is CC(CCCCCCCCOc1ccccc1N)Oc1ccccc1N. The van der Waals surface area contributed by atoms with Crippen molar-refractivity contribution in [2.24, 2.45) is 0 Å². The van der Waals surface area contributed by atoms with Crippen molar-refractivity contribution < 1.29 is 9.47 Å². The number of anilines is 2. The molecule has 0 aliphatic carbocycles. The van der Waals surface area contributed by atoms with Gasteiger partial charge in [-0.2, -0.15) is 0 Å². The van der Waals surface area contributed by atoms with Crippen LogP contribution in [0.2, 0.25) is 0 Å². The maximum absolute atomic E-state index is 5.91. The lowest BCUT2D eigenvalue weighted by Gasteiger charge is -2.16. The maximum atomic E-state index is 5.91. The molecule has 0 amide bonds. The van der Waals surface area contributed by atoms with Gasteiger partial charge in [0.25, 0.3) is 0 Å². The summed E-state index contributed by atoms with van der Waals surface area (Å²) < 4.78 is 11.6. The fraction of sp³-hybridized carbons (Fsp3) is 0.455. The molecule has 2 aromatic carbocycles. The standard InChI is InChI=1S/C22H32N2O2/c1-18(26-22-16-10-8-14-20(22)24)12-6-4-2-3-5-11-17-25-21-15-9-7-13-19(21)23/h7-10,13-16,18H,2-6,11-12,17,23-24H2,1H3. The Morgan fingerprint density at radius 3 is 1.92 bits per heavy atom. The van der Waals surface area contributed by atoms with Crippen LogP contribution in [0.25, 0.3) is 0 Å². The molecule has 0 heterocycles. The minimum absolute atomic E-state index is 0.199. The lowest BCUT2D eigenvalue weighted by atomic mass is 10.1. The van der Waals surface area contributed by atoms with Crippen molar-refractivity contribution in [2.45, 2.75) is 58.0 Å². The zero-order valence-corrected chi connectivity index (χ0v) is 15.8. The van der Waals surface area contributed by atoms with Gasteiger partial charge in [0.15, 0.2) is 0 Å². The summed E-state index contributed by atoms with van der Waals surface area (Å²) in [6.45, 7) is 2.84. The third kappa shape index (κ3) is 7.26. The smallest absolute Gasteiger partial charge is 0.142 e. The molecule has 4 N–H and O–H groups in total. The Balaban J connectivity index is 1.45. The summed E-state index contributed by atoms with van der Waals surface area (Å²) in [5.74, 6) is 1.58. The molecular formula is C22H32N2O2. The summed E-state index contributed by atoms with van der Waals surface area (Å²) >= 11 is 0. The van der Waals surface area contributed by atoms with E-state index in [0.717, 1.165) is 30.9 Å². The van der Waals surface area contributed by atoms with E-state index in [9.17, 15) is 0 Å². The third-order valence-electron chi connectivity index (χ3n) is 4.43. The molecular weight excluding hydrogens is 324 g/mol. The number of rotatable bonds is 12. The molecule has 4 nitrogen and oxygen atoms in total. The summed E-state index contributed by atoms with van der Waals surface area (Å²) in [7, 11) is 0. The van der Waals surface area contributed by atoms with E-state index >= 15 is 0 Å². The number of ether oxygens (including phenoxy) is 2. The second-order valence-corrected chi connectivity index (χ2v) is 6.76. The van der Waals surface area contributed by atoms with Crippen molar-refractivity contribution in [3.05, 3.63) is 48.5 Å². The van der Waals surface area contributed by atoms with Crippen molar-refractivity contribution in [1.82, 2.24) is 0 Å². The van der Waals surface area contributed by atoms with Crippen LogP contribution in [-0.2, 0) is 0 Å². The number of para-hydroxylation sites is 4. The number of unbranched alkanes of at least 4 members (excludes halogenated alkanes) is 5. The molecule has 0 saturated heterocycles. The number of hydrogen-bond donors (Lipinski definition) is 2. The quantitative estimate of drug-likeness (QED) is 0.393. The zero-order chi connectivity index (χ0) is 18.6. The van der Waals surface area contributed by atoms with Gasteiger partial charge in [-0.05, 0) is 50.5 Å². The van der Waals surface area contributed by atoms with Crippen LogP contribution in [0.1, 0.15) is 51.9 Å². The van der Waals surface area contributed by atoms with Crippen LogP contribution in [-0.4, -0.2) is 12.7 Å². The Bertz CT molecular complexity index is 646. The Labute approximate surface area is 157 Å². The van der Waals surface area contributed by atoms with Gasteiger partial charge in [-0.3, -0.25) is 0 Å². The van der Waals surface area contributed by atoms with Gasteiger partial charge in [0.2, 0.25) is 0 Å². The number of nitrogen functional groups attached to an aromatic ring is 2. The number of hydrogen-bond acceptors (Lipinski definition) is 4. The van der Waals surface area contributed by atoms with E-state index in [-0.39, 0.29) is 6.10 Å². The van der Waals surface area contributed by atoms with Gasteiger partial charge in [0.05, 0.1) is 24.1 Å². The molecule has 26 heavy (non-hydrogen) atoms. The molecule has 142 valence electrons. The average Bonchev–Trinajstić information content (AvgIpc) is 2.63. The normalized spacial score (nSPS) is 11.9. The first-order valence-electron chi connectivity index (χ1n) is 9.65. The predicted molar refractivity (Wildman–Crippen MR) is 110 cm³/mol. The summed E-state index contributed by atoms with van der Waals surface area (Å²) in [6, 6.07) is 15.3. The largest absolute Gasteiger partial charge is 0.491 e. The van der Waals surface area contributed by atoms with E-state index in [1.54, 1.807) is 0 Å².